The zero-order valence-corrected chi connectivity index (χ0v) is 11.9. The first-order valence-electron chi connectivity index (χ1n) is 6.58. The molecule has 0 saturated heterocycles. The van der Waals surface area contributed by atoms with E-state index in [0.717, 1.165) is 12.6 Å². The van der Waals surface area contributed by atoms with E-state index in [9.17, 15) is 13.2 Å². The minimum absolute atomic E-state index is 0.182. The minimum Gasteiger partial charge on any atom is -0.315 e. The number of hydrogen-bond acceptors (Lipinski definition) is 1. The monoisotopic (exact) mass is 273 g/mol. The van der Waals surface area contributed by atoms with E-state index in [0.29, 0.717) is 12.0 Å². The van der Waals surface area contributed by atoms with E-state index < -0.39 is 17.2 Å². The van der Waals surface area contributed by atoms with Crippen LogP contribution in [0, 0.1) is 0 Å². The van der Waals surface area contributed by atoms with Gasteiger partial charge in [-0.3, -0.25) is 0 Å². The Morgan fingerprint density at radius 2 is 1.63 bits per heavy atom. The van der Waals surface area contributed by atoms with Crippen molar-refractivity contribution >= 4 is 0 Å². The van der Waals surface area contributed by atoms with Gasteiger partial charge in [-0.2, -0.15) is 13.2 Å². The number of hydrogen-bond donors (Lipinski definition) is 1. The van der Waals surface area contributed by atoms with Crippen LogP contribution in [0.15, 0.2) is 24.3 Å². The molecular weight excluding hydrogens is 251 g/mol. The maximum Gasteiger partial charge on any atom is 0.416 e. The largest absolute Gasteiger partial charge is 0.416 e. The molecule has 0 aliphatic carbocycles. The lowest BCUT2D eigenvalue weighted by atomic mass is 9.77. The fraction of sp³-hybridized carbons (Fsp3) is 0.600. The number of rotatable bonds is 5. The Hall–Kier alpha value is -1.03. The number of benzene rings is 1. The first-order chi connectivity index (χ1) is 8.68. The third-order valence-corrected chi connectivity index (χ3v) is 3.33. The molecule has 1 nitrogen and oxygen atoms in total. The van der Waals surface area contributed by atoms with E-state index >= 15 is 0 Å². The molecule has 0 spiro atoms. The number of nitrogens with one attached hydrogen (secondary N) is 1. The molecule has 1 aromatic rings. The predicted octanol–water partition coefficient (Wildman–Crippen LogP) is 4.37. The molecule has 108 valence electrons. The van der Waals surface area contributed by atoms with E-state index in [1.54, 1.807) is 12.1 Å². The van der Waals surface area contributed by atoms with Crippen LogP contribution in [-0.2, 0) is 11.6 Å². The molecule has 1 atom stereocenters. The summed E-state index contributed by atoms with van der Waals surface area (Å²) in [4.78, 5) is 0. The summed E-state index contributed by atoms with van der Waals surface area (Å²) in [6.45, 7) is 8.55. The van der Waals surface area contributed by atoms with Crippen molar-refractivity contribution in [2.45, 2.75) is 51.7 Å². The molecule has 1 rings (SSSR count). The van der Waals surface area contributed by atoms with E-state index in [1.807, 2.05) is 27.7 Å². The summed E-state index contributed by atoms with van der Waals surface area (Å²) in [5.74, 6) is 0. The fourth-order valence-electron chi connectivity index (χ4n) is 2.62. The van der Waals surface area contributed by atoms with Crippen LogP contribution in [0.2, 0.25) is 0 Å². The molecule has 0 aliphatic heterocycles. The van der Waals surface area contributed by atoms with Crippen LogP contribution in [0.1, 0.15) is 45.2 Å². The van der Waals surface area contributed by atoms with Gasteiger partial charge in [0.1, 0.15) is 0 Å². The maximum absolute atomic E-state index is 13.0. The van der Waals surface area contributed by atoms with Gasteiger partial charge in [-0.15, -0.1) is 0 Å². The summed E-state index contributed by atoms with van der Waals surface area (Å²) in [6.07, 6.45) is -3.64. The van der Waals surface area contributed by atoms with Crippen molar-refractivity contribution in [3.63, 3.8) is 0 Å². The zero-order valence-electron chi connectivity index (χ0n) is 11.9. The minimum atomic E-state index is -4.30. The van der Waals surface area contributed by atoms with Gasteiger partial charge in [0.05, 0.1) is 5.56 Å². The highest BCUT2D eigenvalue weighted by molar-refractivity contribution is 5.35. The first-order valence-corrected chi connectivity index (χ1v) is 6.58. The van der Waals surface area contributed by atoms with Gasteiger partial charge in [0, 0.05) is 6.04 Å². The van der Waals surface area contributed by atoms with Crippen LogP contribution in [-0.4, -0.2) is 12.6 Å². The SMILES string of the molecule is CCNC(C)CC(C)(C)c1ccccc1C(F)(F)F. The molecule has 19 heavy (non-hydrogen) atoms. The predicted molar refractivity (Wildman–Crippen MR) is 72.2 cm³/mol. The molecule has 0 aromatic heterocycles. The van der Waals surface area contributed by atoms with Gasteiger partial charge < -0.3 is 5.32 Å². The molecule has 4 heteroatoms. The van der Waals surface area contributed by atoms with Crippen LogP contribution >= 0.6 is 0 Å². The summed E-state index contributed by atoms with van der Waals surface area (Å²) in [6, 6.07) is 6.04. The Labute approximate surface area is 113 Å². The van der Waals surface area contributed by atoms with Gasteiger partial charge in [0.25, 0.3) is 0 Å². The Balaban J connectivity index is 3.07. The molecule has 1 aromatic carbocycles. The molecule has 0 amide bonds. The quantitative estimate of drug-likeness (QED) is 0.840. The van der Waals surface area contributed by atoms with Gasteiger partial charge >= 0.3 is 6.18 Å². The third kappa shape index (κ3) is 4.23. The average molecular weight is 273 g/mol. The lowest BCUT2D eigenvalue weighted by Crippen LogP contribution is -2.34. The molecule has 1 unspecified atom stereocenters. The molecule has 0 bridgehead atoms. The molecule has 0 radical (unpaired) electrons. The molecular formula is C15H22F3N. The normalized spacial score (nSPS) is 14.5. The van der Waals surface area contributed by atoms with E-state index in [2.05, 4.69) is 5.32 Å². The second-order valence-corrected chi connectivity index (χ2v) is 5.59. The molecule has 0 fully saturated rings. The van der Waals surface area contributed by atoms with Gasteiger partial charge in [0.15, 0.2) is 0 Å². The fourth-order valence-corrected chi connectivity index (χ4v) is 2.62. The summed E-state index contributed by atoms with van der Waals surface area (Å²) < 4.78 is 39.1. The second kappa shape index (κ2) is 5.95. The van der Waals surface area contributed by atoms with Crippen LogP contribution in [0.4, 0.5) is 13.2 Å². The highest BCUT2D eigenvalue weighted by Gasteiger charge is 2.37. The van der Waals surface area contributed by atoms with Crippen molar-refractivity contribution in [3.8, 4) is 0 Å². The Kier molecular flexibility index (Phi) is 5.02. The number of alkyl halides is 3. The lowest BCUT2D eigenvalue weighted by molar-refractivity contribution is -0.138. The van der Waals surface area contributed by atoms with Crippen LogP contribution in [0.5, 0.6) is 0 Å². The summed E-state index contributed by atoms with van der Waals surface area (Å²) in [7, 11) is 0. The van der Waals surface area contributed by atoms with Crippen molar-refractivity contribution in [3.05, 3.63) is 35.4 Å². The van der Waals surface area contributed by atoms with Gasteiger partial charge in [-0.05, 0) is 36.9 Å². The molecule has 0 heterocycles. The average Bonchev–Trinajstić information content (AvgIpc) is 2.27. The van der Waals surface area contributed by atoms with Crippen molar-refractivity contribution in [2.24, 2.45) is 0 Å². The van der Waals surface area contributed by atoms with Crippen LogP contribution in [0.25, 0.3) is 0 Å². The highest BCUT2D eigenvalue weighted by Crippen LogP contribution is 2.39. The van der Waals surface area contributed by atoms with Gasteiger partial charge in [-0.1, -0.05) is 39.0 Å². The maximum atomic E-state index is 13.0. The topological polar surface area (TPSA) is 12.0 Å². The van der Waals surface area contributed by atoms with Gasteiger partial charge in [-0.25, -0.2) is 0 Å². The number of halogens is 3. The van der Waals surface area contributed by atoms with Crippen molar-refractivity contribution in [2.75, 3.05) is 6.54 Å². The zero-order chi connectivity index (χ0) is 14.7. The first kappa shape index (κ1) is 16.0. The summed E-state index contributed by atoms with van der Waals surface area (Å²) >= 11 is 0. The Morgan fingerprint density at radius 3 is 2.11 bits per heavy atom. The van der Waals surface area contributed by atoms with E-state index in [1.165, 1.54) is 6.07 Å². The summed E-state index contributed by atoms with van der Waals surface area (Å²) in [5, 5.41) is 3.25. The molecule has 0 saturated carbocycles. The second-order valence-electron chi connectivity index (χ2n) is 5.59. The Bertz CT molecular complexity index is 410. The summed E-state index contributed by atoms with van der Waals surface area (Å²) in [5.41, 5.74) is -0.677. The highest BCUT2D eigenvalue weighted by atomic mass is 19.4. The third-order valence-electron chi connectivity index (χ3n) is 3.33. The van der Waals surface area contributed by atoms with Crippen molar-refractivity contribution in [1.82, 2.24) is 5.32 Å². The van der Waals surface area contributed by atoms with Crippen molar-refractivity contribution in [1.29, 1.82) is 0 Å². The van der Waals surface area contributed by atoms with Crippen LogP contribution in [0.3, 0.4) is 0 Å². The Morgan fingerprint density at radius 1 is 1.11 bits per heavy atom. The van der Waals surface area contributed by atoms with E-state index in [4.69, 9.17) is 0 Å². The van der Waals surface area contributed by atoms with Crippen LogP contribution < -0.4 is 5.32 Å². The molecule has 1 N–H and O–H groups in total. The molecule has 0 aliphatic rings. The van der Waals surface area contributed by atoms with E-state index in [-0.39, 0.29) is 6.04 Å². The van der Waals surface area contributed by atoms with Crippen molar-refractivity contribution < 1.29 is 13.2 Å². The standard InChI is InChI=1S/C15H22F3N/c1-5-19-11(2)10-14(3,4)12-8-6-7-9-13(12)15(16,17)18/h6-9,11,19H,5,10H2,1-4H3. The van der Waals surface area contributed by atoms with Gasteiger partial charge in [0.2, 0.25) is 0 Å². The smallest absolute Gasteiger partial charge is 0.315 e. The lowest BCUT2D eigenvalue weighted by Gasteiger charge is -2.31.